The van der Waals surface area contributed by atoms with Gasteiger partial charge in [-0.15, -0.1) is 0 Å². The van der Waals surface area contributed by atoms with Gasteiger partial charge in [0, 0.05) is 42.1 Å². The molecule has 0 bridgehead atoms. The summed E-state index contributed by atoms with van der Waals surface area (Å²) in [5, 5.41) is 1.42. The molecule has 0 amide bonds. The predicted octanol–water partition coefficient (Wildman–Crippen LogP) is 4.44. The van der Waals surface area contributed by atoms with E-state index in [0.717, 1.165) is 31.7 Å². The van der Waals surface area contributed by atoms with Crippen LogP contribution in [0, 0.1) is 0 Å². The van der Waals surface area contributed by atoms with E-state index in [1.165, 1.54) is 27.7 Å². The molecule has 0 radical (unpaired) electrons. The summed E-state index contributed by atoms with van der Waals surface area (Å²) in [5.74, 6) is 0.921. The van der Waals surface area contributed by atoms with E-state index >= 15 is 0 Å². The van der Waals surface area contributed by atoms with Gasteiger partial charge in [-0.05, 0) is 49.7 Å². The fraction of sp³-hybridized carbons (Fsp3) is 0.364. The zero-order valence-corrected chi connectivity index (χ0v) is 15.3. The van der Waals surface area contributed by atoms with Crippen molar-refractivity contribution in [3.05, 3.63) is 65.4 Å². The summed E-state index contributed by atoms with van der Waals surface area (Å²) in [6.07, 6.45) is 2.17. The van der Waals surface area contributed by atoms with Crippen LogP contribution >= 0.6 is 0 Å². The molecule has 0 N–H and O–H groups in total. The number of ether oxygens (including phenoxy) is 1. The standard InChI is InChI=1S/C22H26N2O/c1-16-22-19-6-4-5-7-20(19)24(21(22)13-14-23(16)2)15-12-17-8-10-18(25-3)11-9-17/h4-11,16H,12-15H2,1-3H3. The number of methoxy groups -OCH3 is 1. The zero-order chi connectivity index (χ0) is 17.4. The molecule has 2 heterocycles. The third kappa shape index (κ3) is 2.83. The van der Waals surface area contributed by atoms with E-state index in [4.69, 9.17) is 4.74 Å². The topological polar surface area (TPSA) is 17.4 Å². The van der Waals surface area contributed by atoms with Crippen LogP contribution in [-0.2, 0) is 19.4 Å². The Labute approximate surface area is 149 Å². The molecule has 0 aliphatic carbocycles. The molecule has 1 unspecified atom stereocenters. The number of fused-ring (bicyclic) bond motifs is 3. The number of rotatable bonds is 4. The number of hydrogen-bond acceptors (Lipinski definition) is 2. The maximum Gasteiger partial charge on any atom is 0.118 e. The van der Waals surface area contributed by atoms with Gasteiger partial charge in [-0.3, -0.25) is 4.90 Å². The maximum atomic E-state index is 5.26. The van der Waals surface area contributed by atoms with Crippen LogP contribution in [0.25, 0.3) is 10.9 Å². The van der Waals surface area contributed by atoms with Crippen LogP contribution < -0.4 is 4.74 Å². The van der Waals surface area contributed by atoms with Crippen molar-refractivity contribution in [2.75, 3.05) is 20.7 Å². The van der Waals surface area contributed by atoms with Crippen molar-refractivity contribution < 1.29 is 4.74 Å². The van der Waals surface area contributed by atoms with Crippen molar-refractivity contribution >= 4 is 10.9 Å². The fourth-order valence-electron chi connectivity index (χ4n) is 4.10. The van der Waals surface area contributed by atoms with Crippen LogP contribution in [0.5, 0.6) is 5.75 Å². The Morgan fingerprint density at radius 2 is 1.84 bits per heavy atom. The number of benzene rings is 2. The Morgan fingerprint density at radius 3 is 2.60 bits per heavy atom. The Kier molecular flexibility index (Phi) is 4.26. The van der Waals surface area contributed by atoms with Gasteiger partial charge in [0.05, 0.1) is 7.11 Å². The molecule has 0 saturated carbocycles. The van der Waals surface area contributed by atoms with Gasteiger partial charge in [-0.25, -0.2) is 0 Å². The highest BCUT2D eigenvalue weighted by Crippen LogP contribution is 2.37. The Balaban J connectivity index is 1.69. The normalized spacial score (nSPS) is 17.6. The molecule has 1 atom stereocenters. The number of aryl methyl sites for hydroxylation is 2. The minimum Gasteiger partial charge on any atom is -0.497 e. The summed E-state index contributed by atoms with van der Waals surface area (Å²) in [6.45, 7) is 4.49. The molecule has 130 valence electrons. The van der Waals surface area contributed by atoms with E-state index in [9.17, 15) is 0 Å². The van der Waals surface area contributed by atoms with Gasteiger partial charge in [0.25, 0.3) is 0 Å². The lowest BCUT2D eigenvalue weighted by atomic mass is 9.97. The molecule has 1 aliphatic heterocycles. The lowest BCUT2D eigenvalue weighted by Crippen LogP contribution is -2.31. The first-order valence-electron chi connectivity index (χ1n) is 9.12. The highest BCUT2D eigenvalue weighted by Gasteiger charge is 2.27. The minimum atomic E-state index is 0.482. The van der Waals surface area contributed by atoms with Gasteiger partial charge in [-0.2, -0.15) is 0 Å². The first-order valence-corrected chi connectivity index (χ1v) is 9.12. The molecule has 3 nitrogen and oxygen atoms in total. The van der Waals surface area contributed by atoms with E-state index in [-0.39, 0.29) is 0 Å². The SMILES string of the molecule is COc1ccc(CCn2c3c(c4ccccc42)C(C)N(C)CC3)cc1. The second kappa shape index (κ2) is 6.57. The first-order chi connectivity index (χ1) is 12.2. The Hall–Kier alpha value is -2.26. The summed E-state index contributed by atoms with van der Waals surface area (Å²) in [5.41, 5.74) is 5.79. The smallest absolute Gasteiger partial charge is 0.118 e. The monoisotopic (exact) mass is 334 g/mol. The minimum absolute atomic E-state index is 0.482. The van der Waals surface area contributed by atoms with Crippen LogP contribution in [0.15, 0.2) is 48.5 Å². The van der Waals surface area contributed by atoms with Gasteiger partial charge in [0.2, 0.25) is 0 Å². The molecule has 3 heteroatoms. The first kappa shape index (κ1) is 16.2. The molecule has 3 aromatic rings. The van der Waals surface area contributed by atoms with Crippen molar-refractivity contribution in [2.45, 2.75) is 32.4 Å². The van der Waals surface area contributed by atoms with Crippen LogP contribution in [0.2, 0.25) is 0 Å². The van der Waals surface area contributed by atoms with E-state index in [1.54, 1.807) is 7.11 Å². The lowest BCUT2D eigenvalue weighted by Gasteiger charge is -2.31. The number of nitrogens with zero attached hydrogens (tertiary/aromatic N) is 2. The average Bonchev–Trinajstić information content (AvgIpc) is 2.97. The molecular formula is C22H26N2O. The van der Waals surface area contributed by atoms with Crippen LogP contribution in [0.4, 0.5) is 0 Å². The summed E-state index contributed by atoms with van der Waals surface area (Å²) < 4.78 is 7.82. The van der Waals surface area contributed by atoms with Crippen molar-refractivity contribution in [3.63, 3.8) is 0 Å². The van der Waals surface area contributed by atoms with Crippen LogP contribution in [0.3, 0.4) is 0 Å². The van der Waals surface area contributed by atoms with E-state index in [0.29, 0.717) is 6.04 Å². The van der Waals surface area contributed by atoms with Crippen LogP contribution in [0.1, 0.15) is 29.8 Å². The molecule has 25 heavy (non-hydrogen) atoms. The highest BCUT2D eigenvalue weighted by atomic mass is 16.5. The van der Waals surface area contributed by atoms with Gasteiger partial charge in [-0.1, -0.05) is 30.3 Å². The van der Waals surface area contributed by atoms with Gasteiger partial charge < -0.3 is 9.30 Å². The van der Waals surface area contributed by atoms with Crippen molar-refractivity contribution in [1.29, 1.82) is 0 Å². The Morgan fingerprint density at radius 1 is 1.08 bits per heavy atom. The molecular weight excluding hydrogens is 308 g/mol. The third-order valence-electron chi connectivity index (χ3n) is 5.69. The molecule has 0 saturated heterocycles. The highest BCUT2D eigenvalue weighted by molar-refractivity contribution is 5.86. The zero-order valence-electron chi connectivity index (χ0n) is 15.3. The summed E-state index contributed by atoms with van der Waals surface area (Å²) in [7, 11) is 3.95. The predicted molar refractivity (Wildman–Crippen MR) is 103 cm³/mol. The average molecular weight is 334 g/mol. The molecule has 0 spiro atoms. The number of likely N-dealkylation sites (N-methyl/N-ethyl adjacent to an activating group) is 1. The van der Waals surface area contributed by atoms with Gasteiger partial charge in [0.15, 0.2) is 0 Å². The molecule has 2 aromatic carbocycles. The molecule has 4 rings (SSSR count). The van der Waals surface area contributed by atoms with Crippen LogP contribution in [-0.4, -0.2) is 30.2 Å². The van der Waals surface area contributed by atoms with E-state index in [2.05, 4.69) is 72.0 Å². The third-order valence-corrected chi connectivity index (χ3v) is 5.69. The molecule has 0 fully saturated rings. The summed E-state index contributed by atoms with van der Waals surface area (Å²) >= 11 is 0. The van der Waals surface area contributed by atoms with E-state index < -0.39 is 0 Å². The largest absolute Gasteiger partial charge is 0.497 e. The number of aromatic nitrogens is 1. The Bertz CT molecular complexity index is 879. The second-order valence-corrected chi connectivity index (χ2v) is 7.03. The second-order valence-electron chi connectivity index (χ2n) is 7.03. The van der Waals surface area contributed by atoms with Gasteiger partial charge in [0.1, 0.15) is 5.75 Å². The van der Waals surface area contributed by atoms with Gasteiger partial charge >= 0.3 is 0 Å². The lowest BCUT2D eigenvalue weighted by molar-refractivity contribution is 0.245. The van der Waals surface area contributed by atoms with E-state index in [1.807, 2.05) is 0 Å². The van der Waals surface area contributed by atoms with Crippen molar-refractivity contribution in [3.8, 4) is 5.75 Å². The maximum absolute atomic E-state index is 5.26. The number of hydrogen-bond donors (Lipinski definition) is 0. The summed E-state index contributed by atoms with van der Waals surface area (Å²) in [6, 6.07) is 17.8. The van der Waals surface area contributed by atoms with Crippen molar-refractivity contribution in [1.82, 2.24) is 9.47 Å². The van der Waals surface area contributed by atoms with Crippen molar-refractivity contribution in [2.24, 2.45) is 0 Å². The quantitative estimate of drug-likeness (QED) is 0.702. The molecule has 1 aliphatic rings. The fourth-order valence-corrected chi connectivity index (χ4v) is 4.10. The summed E-state index contributed by atoms with van der Waals surface area (Å²) in [4.78, 5) is 2.46. The molecule has 1 aromatic heterocycles. The number of para-hydroxylation sites is 1.